The summed E-state index contributed by atoms with van der Waals surface area (Å²) in [7, 11) is 0. The van der Waals surface area contributed by atoms with Crippen molar-refractivity contribution in [3.63, 3.8) is 0 Å². The molecule has 8 aromatic rings. The van der Waals surface area contributed by atoms with Crippen LogP contribution in [0.15, 0.2) is 90.0 Å². The number of hydrogen-bond donors (Lipinski definition) is 10. The number of fused-ring (bicyclic) bond motifs is 8. The van der Waals surface area contributed by atoms with Crippen LogP contribution in [0.4, 0.5) is 0 Å². The summed E-state index contributed by atoms with van der Waals surface area (Å²) in [4.78, 5) is 36.5. The van der Waals surface area contributed by atoms with E-state index in [4.69, 9.17) is 65.3 Å². The average molecular weight is 1150 g/mol. The molecule has 0 aliphatic heterocycles. The molecule has 0 amide bonds. The minimum atomic E-state index is -0.0239. The van der Waals surface area contributed by atoms with Gasteiger partial charge in [0.25, 0.3) is 0 Å². The van der Waals surface area contributed by atoms with Crippen molar-refractivity contribution in [3.8, 4) is 43.0 Å². The van der Waals surface area contributed by atoms with Crippen molar-refractivity contribution in [2.24, 2.45) is 65.8 Å². The maximum Gasteiger partial charge on any atom is 0.185 e. The highest BCUT2D eigenvalue weighted by atomic mass is 32.1. The number of guanidine groups is 4. The highest BCUT2D eigenvalue weighted by Gasteiger charge is 2.25. The fourth-order valence-corrected chi connectivity index (χ4v) is 12.8. The number of aromatic nitrogens is 4. The van der Waals surface area contributed by atoms with Crippen LogP contribution in [0.3, 0.4) is 0 Å². The van der Waals surface area contributed by atoms with E-state index in [1.807, 2.05) is 59.6 Å². The second kappa shape index (κ2) is 25.6. The van der Waals surface area contributed by atoms with Crippen molar-refractivity contribution < 1.29 is 19.7 Å². The van der Waals surface area contributed by atoms with E-state index in [1.165, 1.54) is 45.3 Å². The van der Waals surface area contributed by atoms with E-state index >= 15 is 0 Å². The fourth-order valence-electron chi connectivity index (χ4n) is 9.55. The zero-order chi connectivity index (χ0) is 56.5. The molecule has 0 saturated heterocycles. The van der Waals surface area contributed by atoms with Crippen LogP contribution < -0.4 is 55.3 Å². The predicted molar refractivity (Wildman–Crippen MR) is 322 cm³/mol. The number of benzene rings is 4. The molecule has 4 aromatic heterocycles. The maximum absolute atomic E-state index is 12.8. The van der Waals surface area contributed by atoms with Gasteiger partial charge in [0.15, 0.2) is 43.9 Å². The molecule has 0 spiro atoms. The number of ether oxygens (including phenoxy) is 2. The van der Waals surface area contributed by atoms with Crippen LogP contribution in [0.25, 0.3) is 20.0 Å². The fraction of sp³-hybridized carbons (Fsp3) is 0.286. The van der Waals surface area contributed by atoms with Crippen LogP contribution in [0.2, 0.25) is 0 Å². The Hall–Kier alpha value is -8.32. The zero-order valence-corrected chi connectivity index (χ0v) is 47.6. The second-order valence-electron chi connectivity index (χ2n) is 19.4. The first kappa shape index (κ1) is 56.4. The van der Waals surface area contributed by atoms with E-state index in [-0.39, 0.29) is 74.2 Å². The van der Waals surface area contributed by atoms with Gasteiger partial charge in [-0.15, -0.1) is 45.3 Å². The highest BCUT2D eigenvalue weighted by Crippen LogP contribution is 2.41. The summed E-state index contributed by atoms with van der Waals surface area (Å²) in [6.45, 7) is 5.41. The Bertz CT molecular complexity index is 3300. The highest BCUT2D eigenvalue weighted by molar-refractivity contribution is 7.20. The van der Waals surface area contributed by atoms with Crippen molar-refractivity contribution in [1.29, 1.82) is 0 Å². The van der Waals surface area contributed by atoms with E-state index in [9.17, 15) is 10.2 Å². The van der Waals surface area contributed by atoms with Crippen molar-refractivity contribution in [3.05, 3.63) is 160 Å². The van der Waals surface area contributed by atoms with Gasteiger partial charge in [-0.05, 0) is 106 Å². The Kier molecular flexibility index (Phi) is 18.1. The van der Waals surface area contributed by atoms with Gasteiger partial charge in [-0.1, -0.05) is 48.5 Å². The molecule has 0 saturated carbocycles. The second-order valence-corrected chi connectivity index (χ2v) is 22.8. The van der Waals surface area contributed by atoms with E-state index in [2.05, 4.69) is 54.2 Å². The molecule has 4 aromatic carbocycles. The number of phenolic OH excluding ortho intramolecular Hbond substituents is 2. The van der Waals surface area contributed by atoms with Gasteiger partial charge < -0.3 is 65.6 Å². The quantitative estimate of drug-likeness (QED) is 0.0310. The zero-order valence-electron chi connectivity index (χ0n) is 44.4. The Morgan fingerprint density at radius 2 is 0.675 bits per heavy atom. The summed E-state index contributed by atoms with van der Waals surface area (Å²) in [6.07, 6.45) is 2.78. The number of nitrogens with two attached hydrogens (primary N) is 8. The number of aliphatic imine (C=N–C) groups is 4. The lowest BCUT2D eigenvalue weighted by Gasteiger charge is -2.23. The molecule has 4 heterocycles. The molecule has 1 aliphatic carbocycles. The largest absolute Gasteiger partial charge is 0.507 e. The maximum atomic E-state index is 12.8. The minimum absolute atomic E-state index is 0.0225. The molecule has 0 unspecified atom stereocenters. The van der Waals surface area contributed by atoms with Crippen LogP contribution in [0.1, 0.15) is 89.5 Å². The smallest absolute Gasteiger partial charge is 0.185 e. The Morgan fingerprint density at radius 1 is 0.412 bits per heavy atom. The van der Waals surface area contributed by atoms with Gasteiger partial charge >= 0.3 is 0 Å². The number of aryl methyl sites for hydroxylation is 2. The van der Waals surface area contributed by atoms with E-state index in [1.54, 1.807) is 0 Å². The van der Waals surface area contributed by atoms with Gasteiger partial charge in [-0.2, -0.15) is 0 Å². The Morgan fingerprint density at radius 3 is 0.938 bits per heavy atom. The number of nitrogens with zero attached hydrogens (tertiary/aromatic N) is 8. The third-order valence-corrected chi connectivity index (χ3v) is 17.0. The number of hydrogen-bond acceptors (Lipinski definition) is 16. The molecule has 0 atom stereocenters. The molecule has 416 valence electrons. The molecule has 9 rings (SSSR count). The molecule has 8 bridgehead atoms. The number of thiazole rings is 4. The Balaban J connectivity index is 1.24. The molecular weight excluding hydrogens is 1090 g/mol. The summed E-state index contributed by atoms with van der Waals surface area (Å²) >= 11 is 6.08. The summed E-state index contributed by atoms with van der Waals surface area (Å²) in [6, 6.07) is 16.2. The normalized spacial score (nSPS) is 11.9. The summed E-state index contributed by atoms with van der Waals surface area (Å²) < 4.78 is 14.0. The third kappa shape index (κ3) is 14.7. The molecule has 24 heteroatoms. The lowest BCUT2D eigenvalue weighted by atomic mass is 9.87. The Labute approximate surface area is 479 Å². The van der Waals surface area contributed by atoms with Crippen molar-refractivity contribution in [1.82, 2.24) is 19.9 Å². The van der Waals surface area contributed by atoms with Crippen LogP contribution in [0, 0.1) is 13.8 Å². The van der Waals surface area contributed by atoms with Crippen LogP contribution in [-0.2, 0) is 64.6 Å². The predicted octanol–water partition coefficient (Wildman–Crippen LogP) is 5.97. The minimum Gasteiger partial charge on any atom is -0.507 e. The third-order valence-electron chi connectivity index (χ3n) is 13.0. The van der Waals surface area contributed by atoms with E-state index in [0.29, 0.717) is 97.0 Å². The van der Waals surface area contributed by atoms with Crippen molar-refractivity contribution in [2.75, 3.05) is 26.2 Å². The van der Waals surface area contributed by atoms with Gasteiger partial charge in [0, 0.05) is 84.8 Å². The van der Waals surface area contributed by atoms with Crippen molar-refractivity contribution >= 4 is 69.2 Å². The molecule has 1 aliphatic rings. The molecule has 80 heavy (non-hydrogen) atoms. The SMILES string of the molecule is Cc1csc(-c2nc(COc3c4cc(CCN=C(N)N)cc3Cc3cc(CCN=C(N)N)cc(c3O)Cc3cc(CCN=C(N)N)cc(c3OCc3csc(-c5nc(C)cs5)n3)Cc3cc(CCN=C(N)N)cc(c3O)C4)cs2)n1. The molecular formula is C56H64N16O4S4. The van der Waals surface area contributed by atoms with Gasteiger partial charge in [0.1, 0.15) is 36.2 Å². The number of rotatable bonds is 20. The topological polar surface area (TPSA) is 368 Å². The van der Waals surface area contributed by atoms with E-state index in [0.717, 1.165) is 75.9 Å². The molecule has 0 fully saturated rings. The number of phenols is 2. The van der Waals surface area contributed by atoms with Gasteiger partial charge in [-0.3, -0.25) is 20.0 Å². The lowest BCUT2D eigenvalue weighted by Crippen LogP contribution is -2.23. The summed E-state index contributed by atoms with van der Waals surface area (Å²) in [5, 5.41) is 36.7. The van der Waals surface area contributed by atoms with Gasteiger partial charge in [0.2, 0.25) is 0 Å². The first-order valence-electron chi connectivity index (χ1n) is 25.7. The molecule has 18 N–H and O–H groups in total. The summed E-state index contributed by atoms with van der Waals surface area (Å²) in [5.41, 5.74) is 59.1. The number of aromatic hydroxyl groups is 2. The first-order valence-corrected chi connectivity index (χ1v) is 29.2. The molecule has 0 radical (unpaired) electrons. The van der Waals surface area contributed by atoms with Crippen LogP contribution in [0.5, 0.6) is 23.0 Å². The summed E-state index contributed by atoms with van der Waals surface area (Å²) in [5.74, 6) is 1.24. The average Bonchev–Trinajstić information content (AvgIpc) is 4.32. The lowest BCUT2D eigenvalue weighted by molar-refractivity contribution is 0.296. The van der Waals surface area contributed by atoms with Gasteiger partial charge in [-0.25, -0.2) is 19.9 Å². The standard InChI is InChI=1S/C56H64N16O4S4/c1-29-25-77-49(69-29)51-71-43(27-79-51)23-75-47-39-15-33(5-9-67-55(61)62)16-40(47)20-36-12-32(4-8-66-54(59)60)14-38(46(36)74)22-42-18-34(6-10-68-56(63)64)17-41(21-37-13-31(3-7-65-53(57)58)11-35(19-39)45(37)73)48(42)76-24-44-28-80-52(72-44)50-70-30(2)26-78-50/h11-18,25-28,73-74H,3-10,19-24H2,1-2H3,(H4,57,58,65)(H4,59,60,66)(H4,61,62,67)(H4,63,64,68). The first-order chi connectivity index (χ1) is 38.5. The van der Waals surface area contributed by atoms with Crippen LogP contribution in [-0.4, -0.2) is 80.2 Å². The van der Waals surface area contributed by atoms with Crippen molar-refractivity contribution in [2.45, 2.75) is 78.4 Å². The van der Waals surface area contributed by atoms with E-state index < -0.39 is 0 Å². The van der Waals surface area contributed by atoms with Gasteiger partial charge in [0.05, 0.1) is 11.4 Å². The van der Waals surface area contributed by atoms with Crippen LogP contribution >= 0.6 is 45.3 Å². The monoisotopic (exact) mass is 1150 g/mol. The molecule has 20 nitrogen and oxygen atoms in total.